The molecule has 160 valence electrons. The largest absolute Gasteiger partial charge is 0.345 e. The van der Waals surface area contributed by atoms with Crippen LogP contribution >= 0.6 is 11.6 Å². The van der Waals surface area contributed by atoms with Crippen LogP contribution in [0, 0.1) is 6.92 Å². The first-order valence-electron chi connectivity index (χ1n) is 10.1. The normalized spacial score (nSPS) is 15.7. The monoisotopic (exact) mass is 454 g/mol. The highest BCUT2D eigenvalue weighted by Crippen LogP contribution is 2.30. The van der Waals surface area contributed by atoms with Crippen LogP contribution in [0.2, 0.25) is 5.02 Å². The van der Waals surface area contributed by atoms with Gasteiger partial charge >= 0.3 is 0 Å². The van der Waals surface area contributed by atoms with Gasteiger partial charge in [0, 0.05) is 0 Å². The molecule has 1 atom stereocenters. The summed E-state index contributed by atoms with van der Waals surface area (Å²) in [6.07, 6.45) is 2.89. The summed E-state index contributed by atoms with van der Waals surface area (Å²) in [6.45, 7) is 1.89. The van der Waals surface area contributed by atoms with E-state index < -0.39 is 10.0 Å². The average Bonchev–Trinajstić information content (AvgIpc) is 2.74. The molecule has 1 amide bonds. The van der Waals surface area contributed by atoms with Gasteiger partial charge in [-0.05, 0) is 67.6 Å². The van der Waals surface area contributed by atoms with Crippen LogP contribution in [0.4, 0.5) is 5.69 Å². The average molecular weight is 455 g/mol. The molecule has 1 aliphatic rings. The maximum absolute atomic E-state index is 12.9. The number of fused-ring (bicyclic) bond motifs is 1. The van der Waals surface area contributed by atoms with Crippen molar-refractivity contribution in [3.8, 4) is 0 Å². The molecule has 3 aromatic rings. The summed E-state index contributed by atoms with van der Waals surface area (Å²) in [6, 6.07) is 19.2. The lowest BCUT2D eigenvalue weighted by atomic mass is 9.87. The SMILES string of the molecule is Cc1ccc(S(=O)(=O)Nc2ccc(C(=O)N[C@H]3CCCc4ccccc43)c(Cl)c2)cc1. The number of sulfonamides is 1. The molecule has 7 heteroatoms. The molecule has 0 aliphatic heterocycles. The van der Waals surface area contributed by atoms with Gasteiger partial charge < -0.3 is 5.32 Å². The number of amides is 1. The molecule has 0 spiro atoms. The summed E-state index contributed by atoms with van der Waals surface area (Å²) in [4.78, 5) is 13.0. The number of nitrogens with one attached hydrogen (secondary N) is 2. The molecule has 31 heavy (non-hydrogen) atoms. The second-order valence-electron chi connectivity index (χ2n) is 7.73. The molecule has 0 fully saturated rings. The van der Waals surface area contributed by atoms with E-state index in [1.54, 1.807) is 36.4 Å². The van der Waals surface area contributed by atoms with E-state index >= 15 is 0 Å². The maximum atomic E-state index is 12.9. The Balaban J connectivity index is 1.50. The van der Waals surface area contributed by atoms with Crippen molar-refractivity contribution >= 4 is 33.2 Å². The Labute approximate surface area is 187 Å². The number of aryl methyl sites for hydroxylation is 2. The Morgan fingerprint density at radius 1 is 1.03 bits per heavy atom. The molecule has 0 saturated carbocycles. The van der Waals surface area contributed by atoms with E-state index in [4.69, 9.17) is 11.6 Å². The van der Waals surface area contributed by atoms with Gasteiger partial charge in [-0.25, -0.2) is 8.42 Å². The molecule has 3 aromatic carbocycles. The van der Waals surface area contributed by atoms with E-state index in [-0.39, 0.29) is 21.9 Å². The van der Waals surface area contributed by atoms with Gasteiger partial charge in [0.2, 0.25) is 0 Å². The van der Waals surface area contributed by atoms with Crippen LogP contribution in [-0.2, 0) is 16.4 Å². The molecule has 4 rings (SSSR count). The number of carbonyl (C=O) groups is 1. The molecular weight excluding hydrogens is 432 g/mol. The third-order valence-corrected chi connectivity index (χ3v) is 7.18. The standard InChI is InChI=1S/C24H23ClN2O3S/c1-16-9-12-19(13-10-16)31(29,30)27-18-11-14-21(22(25)15-18)24(28)26-23-8-4-6-17-5-2-3-7-20(17)23/h2-3,5,7,9-15,23,27H,4,6,8H2,1H3,(H,26,28)/t23-/m0/s1. The fraction of sp³-hybridized carbons (Fsp3) is 0.208. The van der Waals surface area contributed by atoms with Crippen molar-refractivity contribution in [3.05, 3.63) is 94.0 Å². The summed E-state index contributed by atoms with van der Waals surface area (Å²) in [5, 5.41) is 3.25. The minimum Gasteiger partial charge on any atom is -0.345 e. The Hall–Kier alpha value is -2.83. The number of rotatable bonds is 5. The smallest absolute Gasteiger partial charge is 0.261 e. The fourth-order valence-corrected chi connectivity index (χ4v) is 5.15. The van der Waals surface area contributed by atoms with Crippen LogP contribution in [0.15, 0.2) is 71.6 Å². The van der Waals surface area contributed by atoms with Gasteiger partial charge in [0.15, 0.2) is 0 Å². The summed E-state index contributed by atoms with van der Waals surface area (Å²) in [5.74, 6) is -0.278. The Bertz CT molecular complexity index is 1220. The lowest BCUT2D eigenvalue weighted by molar-refractivity contribution is 0.0933. The van der Waals surface area contributed by atoms with Gasteiger partial charge in [-0.15, -0.1) is 0 Å². The molecule has 0 aromatic heterocycles. The van der Waals surface area contributed by atoms with Crippen LogP contribution in [0.3, 0.4) is 0 Å². The molecule has 0 unspecified atom stereocenters. The number of carbonyl (C=O) groups excluding carboxylic acids is 1. The number of anilines is 1. The van der Waals surface area contributed by atoms with E-state index in [1.807, 2.05) is 25.1 Å². The zero-order valence-corrected chi connectivity index (χ0v) is 18.6. The van der Waals surface area contributed by atoms with Crippen LogP contribution in [0.25, 0.3) is 0 Å². The highest BCUT2D eigenvalue weighted by atomic mass is 35.5. The lowest BCUT2D eigenvalue weighted by Gasteiger charge is -2.26. The van der Waals surface area contributed by atoms with Gasteiger partial charge in [-0.1, -0.05) is 53.6 Å². The third kappa shape index (κ3) is 4.75. The third-order valence-electron chi connectivity index (χ3n) is 5.47. The van der Waals surface area contributed by atoms with Gasteiger partial charge in [0.25, 0.3) is 15.9 Å². The molecule has 0 radical (unpaired) electrons. The summed E-state index contributed by atoms with van der Waals surface area (Å²) in [7, 11) is -3.75. The Morgan fingerprint density at radius 3 is 2.52 bits per heavy atom. The van der Waals surface area contributed by atoms with E-state index in [1.165, 1.54) is 11.6 Å². The molecule has 5 nitrogen and oxygen atoms in total. The highest BCUT2D eigenvalue weighted by Gasteiger charge is 2.23. The second-order valence-corrected chi connectivity index (χ2v) is 9.82. The van der Waals surface area contributed by atoms with Gasteiger partial charge in [0.1, 0.15) is 0 Å². The Kier molecular flexibility index (Phi) is 6.03. The van der Waals surface area contributed by atoms with Crippen molar-refractivity contribution in [1.82, 2.24) is 5.32 Å². The van der Waals surface area contributed by atoms with Gasteiger partial charge in [-0.3, -0.25) is 9.52 Å². The van der Waals surface area contributed by atoms with Crippen molar-refractivity contribution in [2.24, 2.45) is 0 Å². The Morgan fingerprint density at radius 2 is 1.77 bits per heavy atom. The first kappa shape index (κ1) is 21.4. The van der Waals surface area contributed by atoms with E-state index in [0.29, 0.717) is 11.3 Å². The van der Waals surface area contributed by atoms with Gasteiger partial charge in [0.05, 0.1) is 27.2 Å². The number of hydrogen-bond acceptors (Lipinski definition) is 3. The summed E-state index contributed by atoms with van der Waals surface area (Å²) < 4.78 is 27.7. The zero-order valence-electron chi connectivity index (χ0n) is 17.1. The summed E-state index contributed by atoms with van der Waals surface area (Å²) in [5.41, 5.74) is 3.97. The minimum atomic E-state index is -3.75. The maximum Gasteiger partial charge on any atom is 0.261 e. The van der Waals surface area contributed by atoms with Crippen molar-refractivity contribution in [3.63, 3.8) is 0 Å². The fourth-order valence-electron chi connectivity index (χ4n) is 3.83. The molecule has 0 saturated heterocycles. The van der Waals surface area contributed by atoms with E-state index in [0.717, 1.165) is 30.4 Å². The van der Waals surface area contributed by atoms with E-state index in [2.05, 4.69) is 16.1 Å². The number of hydrogen-bond donors (Lipinski definition) is 2. The van der Waals surface area contributed by atoms with Crippen LogP contribution in [0.5, 0.6) is 0 Å². The summed E-state index contributed by atoms with van der Waals surface area (Å²) >= 11 is 6.34. The predicted octanol–water partition coefficient (Wildman–Crippen LogP) is 5.26. The van der Waals surface area contributed by atoms with Crippen LogP contribution in [0.1, 0.15) is 45.9 Å². The van der Waals surface area contributed by atoms with Crippen LogP contribution in [-0.4, -0.2) is 14.3 Å². The highest BCUT2D eigenvalue weighted by molar-refractivity contribution is 7.92. The lowest BCUT2D eigenvalue weighted by Crippen LogP contribution is -2.31. The zero-order chi connectivity index (χ0) is 22.0. The molecular formula is C24H23ClN2O3S. The van der Waals surface area contributed by atoms with Crippen molar-refractivity contribution < 1.29 is 13.2 Å². The molecule has 0 bridgehead atoms. The van der Waals surface area contributed by atoms with Gasteiger partial charge in [-0.2, -0.15) is 0 Å². The van der Waals surface area contributed by atoms with Crippen molar-refractivity contribution in [2.75, 3.05) is 4.72 Å². The number of halogens is 1. The first-order valence-corrected chi connectivity index (χ1v) is 12.0. The van der Waals surface area contributed by atoms with Crippen LogP contribution < -0.4 is 10.0 Å². The minimum absolute atomic E-state index is 0.0618. The van der Waals surface area contributed by atoms with E-state index in [9.17, 15) is 13.2 Å². The molecule has 0 heterocycles. The molecule has 1 aliphatic carbocycles. The van der Waals surface area contributed by atoms with Crippen molar-refractivity contribution in [2.45, 2.75) is 37.1 Å². The quantitative estimate of drug-likeness (QED) is 0.552. The number of benzene rings is 3. The van der Waals surface area contributed by atoms with Crippen molar-refractivity contribution in [1.29, 1.82) is 0 Å². The second kappa shape index (κ2) is 8.73. The predicted molar refractivity (Wildman–Crippen MR) is 123 cm³/mol. The topological polar surface area (TPSA) is 75.3 Å². The molecule has 2 N–H and O–H groups in total. The first-order chi connectivity index (χ1) is 14.8.